The zero-order chi connectivity index (χ0) is 20.3. The van der Waals surface area contributed by atoms with Crippen LogP contribution in [-0.2, 0) is 14.8 Å². The van der Waals surface area contributed by atoms with E-state index in [1.54, 1.807) is 37.3 Å². The molecule has 3 aromatic rings. The number of fused-ring (bicyclic) bond motifs is 1. The van der Waals surface area contributed by atoms with E-state index in [1.807, 2.05) is 36.4 Å². The number of hydrogen-bond acceptors (Lipinski definition) is 4. The van der Waals surface area contributed by atoms with Gasteiger partial charge < -0.3 is 10.1 Å². The molecule has 0 aliphatic rings. The van der Waals surface area contributed by atoms with Gasteiger partial charge in [-0.1, -0.05) is 36.4 Å². The molecular weight excluding hydrogens is 376 g/mol. The number of amides is 1. The molecule has 0 heterocycles. The highest BCUT2D eigenvalue weighted by Crippen LogP contribution is 2.26. The van der Waals surface area contributed by atoms with Crippen molar-refractivity contribution in [3.63, 3.8) is 0 Å². The molecule has 0 unspecified atom stereocenters. The molecule has 0 aromatic heterocycles. The van der Waals surface area contributed by atoms with E-state index in [4.69, 9.17) is 4.74 Å². The largest absolute Gasteiger partial charge is 0.497 e. The Labute approximate surface area is 164 Å². The summed E-state index contributed by atoms with van der Waals surface area (Å²) in [6.45, 7) is 1.56. The average molecular weight is 398 g/mol. The van der Waals surface area contributed by atoms with Gasteiger partial charge in [-0.15, -0.1) is 0 Å². The first-order valence-corrected chi connectivity index (χ1v) is 10.6. The van der Waals surface area contributed by atoms with Crippen LogP contribution in [0.2, 0.25) is 0 Å². The van der Waals surface area contributed by atoms with Crippen molar-refractivity contribution in [2.24, 2.45) is 0 Å². The topological polar surface area (TPSA) is 75.7 Å². The van der Waals surface area contributed by atoms with Gasteiger partial charge in [0.2, 0.25) is 15.9 Å². The maximum Gasteiger partial charge on any atom is 0.248 e. The first-order chi connectivity index (χ1) is 13.3. The van der Waals surface area contributed by atoms with Crippen molar-refractivity contribution < 1.29 is 17.9 Å². The minimum atomic E-state index is -3.68. The highest BCUT2D eigenvalue weighted by molar-refractivity contribution is 7.92. The zero-order valence-electron chi connectivity index (χ0n) is 15.9. The third-order valence-electron chi connectivity index (χ3n) is 4.46. The molecule has 3 aromatic carbocycles. The molecule has 6 nitrogen and oxygen atoms in total. The number of benzene rings is 3. The summed E-state index contributed by atoms with van der Waals surface area (Å²) in [4.78, 5) is 12.9. The lowest BCUT2D eigenvalue weighted by atomic mass is 10.1. The van der Waals surface area contributed by atoms with Crippen LogP contribution < -0.4 is 14.4 Å². The smallest absolute Gasteiger partial charge is 0.248 e. The Balaban J connectivity index is 1.91. The maximum absolute atomic E-state index is 12.9. The standard InChI is InChI=1S/C21H22N2O4S/c1-15(23(28(3,25)26)17-11-13-18(27-2)14-12-17)21(24)22-20-10-6-8-16-7-4-5-9-19(16)20/h4-15H,1-3H3,(H,22,24)/t15-/m1/s1. The van der Waals surface area contributed by atoms with Crippen LogP contribution in [0.15, 0.2) is 66.7 Å². The number of hydrogen-bond donors (Lipinski definition) is 1. The van der Waals surface area contributed by atoms with Gasteiger partial charge in [-0.05, 0) is 42.6 Å². The van der Waals surface area contributed by atoms with Crippen molar-refractivity contribution >= 4 is 38.1 Å². The van der Waals surface area contributed by atoms with Crippen molar-refractivity contribution in [3.05, 3.63) is 66.7 Å². The van der Waals surface area contributed by atoms with Crippen molar-refractivity contribution in [3.8, 4) is 5.75 Å². The molecule has 0 spiro atoms. The molecule has 28 heavy (non-hydrogen) atoms. The van der Waals surface area contributed by atoms with Crippen LogP contribution in [0, 0.1) is 0 Å². The van der Waals surface area contributed by atoms with Gasteiger partial charge in [0.1, 0.15) is 11.8 Å². The lowest BCUT2D eigenvalue weighted by Crippen LogP contribution is -2.45. The van der Waals surface area contributed by atoms with E-state index in [0.29, 0.717) is 17.1 Å². The Morgan fingerprint density at radius 2 is 1.64 bits per heavy atom. The molecule has 0 aliphatic carbocycles. The average Bonchev–Trinajstić information content (AvgIpc) is 2.68. The first kappa shape index (κ1) is 19.7. The second kappa shape index (κ2) is 7.90. The molecule has 0 bridgehead atoms. The van der Waals surface area contributed by atoms with Crippen molar-refractivity contribution in [1.29, 1.82) is 0 Å². The Morgan fingerprint density at radius 3 is 2.29 bits per heavy atom. The summed E-state index contributed by atoms with van der Waals surface area (Å²) >= 11 is 0. The fraction of sp³-hybridized carbons (Fsp3) is 0.190. The first-order valence-electron chi connectivity index (χ1n) is 8.73. The fourth-order valence-electron chi connectivity index (χ4n) is 3.11. The van der Waals surface area contributed by atoms with E-state index in [-0.39, 0.29) is 0 Å². The van der Waals surface area contributed by atoms with Crippen LogP contribution in [0.3, 0.4) is 0 Å². The summed E-state index contributed by atoms with van der Waals surface area (Å²) < 4.78 is 31.0. The highest BCUT2D eigenvalue weighted by atomic mass is 32.2. The molecule has 0 fully saturated rings. The number of nitrogens with one attached hydrogen (secondary N) is 1. The van der Waals surface area contributed by atoms with Gasteiger partial charge in [0, 0.05) is 11.1 Å². The molecular formula is C21H22N2O4S. The maximum atomic E-state index is 12.9. The summed E-state index contributed by atoms with van der Waals surface area (Å²) in [7, 11) is -2.15. The van der Waals surface area contributed by atoms with Gasteiger partial charge in [0.25, 0.3) is 0 Å². The number of ether oxygens (including phenoxy) is 1. The normalized spacial score (nSPS) is 12.4. The van der Waals surface area contributed by atoms with Gasteiger partial charge in [-0.3, -0.25) is 9.10 Å². The third kappa shape index (κ3) is 4.09. The molecule has 0 saturated carbocycles. The number of nitrogens with zero attached hydrogens (tertiary/aromatic N) is 1. The Kier molecular flexibility index (Phi) is 5.56. The predicted octanol–water partition coefficient (Wildman–Crippen LogP) is 3.64. The predicted molar refractivity (Wildman–Crippen MR) is 112 cm³/mol. The number of sulfonamides is 1. The van der Waals surface area contributed by atoms with Gasteiger partial charge in [-0.25, -0.2) is 8.42 Å². The number of rotatable bonds is 6. The molecule has 3 rings (SSSR count). The SMILES string of the molecule is COc1ccc(N([C@H](C)C(=O)Nc2cccc3ccccc23)S(C)(=O)=O)cc1. The van der Waals surface area contributed by atoms with Crippen LogP contribution in [-0.4, -0.2) is 33.7 Å². The molecule has 0 saturated heterocycles. The quantitative estimate of drug-likeness (QED) is 0.688. The number of carbonyl (C=O) groups is 1. The summed E-state index contributed by atoms with van der Waals surface area (Å²) in [6, 6.07) is 18.9. The minimum Gasteiger partial charge on any atom is -0.497 e. The van der Waals surface area contributed by atoms with Crippen molar-refractivity contribution in [1.82, 2.24) is 0 Å². The highest BCUT2D eigenvalue weighted by Gasteiger charge is 2.29. The van der Waals surface area contributed by atoms with E-state index in [9.17, 15) is 13.2 Å². The number of carbonyl (C=O) groups excluding carboxylic acids is 1. The van der Waals surface area contributed by atoms with Gasteiger partial charge in [0.05, 0.1) is 19.1 Å². The Hall–Kier alpha value is -3.06. The zero-order valence-corrected chi connectivity index (χ0v) is 16.7. The molecule has 1 N–H and O–H groups in total. The minimum absolute atomic E-state index is 0.392. The Bertz CT molecular complexity index is 1090. The number of anilines is 2. The van der Waals surface area contributed by atoms with Crippen LogP contribution in [0.25, 0.3) is 10.8 Å². The Morgan fingerprint density at radius 1 is 1.00 bits per heavy atom. The lowest BCUT2D eigenvalue weighted by Gasteiger charge is -2.28. The molecule has 7 heteroatoms. The van der Waals surface area contributed by atoms with Crippen molar-refractivity contribution in [2.45, 2.75) is 13.0 Å². The van der Waals surface area contributed by atoms with E-state index in [1.165, 1.54) is 7.11 Å². The molecule has 146 valence electrons. The molecule has 1 amide bonds. The van der Waals surface area contributed by atoms with Crippen LogP contribution >= 0.6 is 0 Å². The summed E-state index contributed by atoms with van der Waals surface area (Å²) in [6.07, 6.45) is 1.08. The van der Waals surface area contributed by atoms with Gasteiger partial charge in [-0.2, -0.15) is 0 Å². The second-order valence-electron chi connectivity index (χ2n) is 6.45. The number of methoxy groups -OCH3 is 1. The van der Waals surface area contributed by atoms with E-state index in [0.717, 1.165) is 21.3 Å². The van der Waals surface area contributed by atoms with E-state index < -0.39 is 22.0 Å². The van der Waals surface area contributed by atoms with Gasteiger partial charge >= 0.3 is 0 Å². The molecule has 0 aliphatic heterocycles. The summed E-state index contributed by atoms with van der Waals surface area (Å²) in [5, 5.41) is 4.74. The van der Waals surface area contributed by atoms with Crippen molar-refractivity contribution in [2.75, 3.05) is 23.0 Å². The van der Waals surface area contributed by atoms with E-state index in [2.05, 4.69) is 5.32 Å². The molecule has 1 atom stereocenters. The monoisotopic (exact) mass is 398 g/mol. The van der Waals surface area contributed by atoms with Crippen LogP contribution in [0.1, 0.15) is 6.92 Å². The van der Waals surface area contributed by atoms with Crippen LogP contribution in [0.4, 0.5) is 11.4 Å². The lowest BCUT2D eigenvalue weighted by molar-refractivity contribution is -0.116. The second-order valence-corrected chi connectivity index (χ2v) is 8.31. The summed E-state index contributed by atoms with van der Waals surface area (Å²) in [5.74, 6) is 0.183. The summed E-state index contributed by atoms with van der Waals surface area (Å²) in [5.41, 5.74) is 1.03. The van der Waals surface area contributed by atoms with Gasteiger partial charge in [0.15, 0.2) is 0 Å². The molecule has 0 radical (unpaired) electrons. The van der Waals surface area contributed by atoms with E-state index >= 15 is 0 Å². The fourth-order valence-corrected chi connectivity index (χ4v) is 4.28. The van der Waals surface area contributed by atoms with Crippen LogP contribution in [0.5, 0.6) is 5.75 Å². The third-order valence-corrected chi connectivity index (χ3v) is 5.70.